The SMILES string of the molecule is CN=C(NCc1ccccc1-c1ccc(Cl)cc1)NCc1ccnn1C.I. The Labute approximate surface area is 181 Å². The van der Waals surface area contributed by atoms with Gasteiger partial charge in [0.05, 0.1) is 12.2 Å². The molecule has 7 heteroatoms. The monoisotopic (exact) mass is 495 g/mol. The number of hydrogen-bond donors (Lipinski definition) is 2. The Balaban J connectivity index is 0.00000261. The topological polar surface area (TPSA) is 54.2 Å². The molecule has 1 aromatic heterocycles. The summed E-state index contributed by atoms with van der Waals surface area (Å²) in [5.74, 6) is 0.747. The standard InChI is InChI=1S/C20H22ClN5.HI/c1-22-20(24-14-18-11-12-25-26(18)2)23-13-16-5-3-4-6-19(16)15-7-9-17(21)10-8-15;/h3-12H,13-14H2,1-2H3,(H2,22,23,24);1H. The molecule has 0 aliphatic heterocycles. The molecule has 0 aliphatic carbocycles. The highest BCUT2D eigenvalue weighted by molar-refractivity contribution is 14.0. The summed E-state index contributed by atoms with van der Waals surface area (Å²) in [5.41, 5.74) is 4.61. The largest absolute Gasteiger partial charge is 0.352 e. The van der Waals surface area contributed by atoms with Gasteiger partial charge >= 0.3 is 0 Å². The predicted molar refractivity (Wildman–Crippen MR) is 123 cm³/mol. The minimum Gasteiger partial charge on any atom is -0.352 e. The van der Waals surface area contributed by atoms with Gasteiger partial charge in [-0.1, -0.05) is 48.0 Å². The van der Waals surface area contributed by atoms with E-state index >= 15 is 0 Å². The Kier molecular flexibility index (Phi) is 8.12. The molecule has 0 fully saturated rings. The first-order chi connectivity index (χ1) is 12.7. The van der Waals surface area contributed by atoms with Gasteiger partial charge in [-0.25, -0.2) is 0 Å². The van der Waals surface area contributed by atoms with Gasteiger partial charge in [0, 0.05) is 31.9 Å². The quantitative estimate of drug-likeness (QED) is 0.317. The number of nitrogens with one attached hydrogen (secondary N) is 2. The Morgan fingerprint density at radius 2 is 1.74 bits per heavy atom. The first kappa shape index (κ1) is 21.2. The molecule has 0 saturated heterocycles. The zero-order chi connectivity index (χ0) is 18.4. The normalized spacial score (nSPS) is 11.0. The molecule has 0 amide bonds. The van der Waals surface area contributed by atoms with E-state index in [1.807, 2.05) is 54.2 Å². The first-order valence-electron chi connectivity index (χ1n) is 8.42. The van der Waals surface area contributed by atoms with E-state index in [0.29, 0.717) is 13.1 Å². The number of halogens is 2. The molecule has 2 aromatic carbocycles. The van der Waals surface area contributed by atoms with E-state index in [0.717, 1.165) is 22.2 Å². The molecule has 27 heavy (non-hydrogen) atoms. The Morgan fingerprint density at radius 1 is 1.04 bits per heavy atom. The number of aryl methyl sites for hydroxylation is 1. The van der Waals surface area contributed by atoms with E-state index in [2.05, 4.69) is 32.9 Å². The highest BCUT2D eigenvalue weighted by Crippen LogP contribution is 2.25. The van der Waals surface area contributed by atoms with Gasteiger partial charge in [-0.05, 0) is 34.9 Å². The van der Waals surface area contributed by atoms with Crippen LogP contribution in [0.25, 0.3) is 11.1 Å². The summed E-state index contributed by atoms with van der Waals surface area (Å²) in [6.07, 6.45) is 1.79. The number of guanidine groups is 1. The summed E-state index contributed by atoms with van der Waals surface area (Å²) >= 11 is 6.01. The summed E-state index contributed by atoms with van der Waals surface area (Å²) in [6.45, 7) is 1.33. The molecule has 5 nitrogen and oxygen atoms in total. The van der Waals surface area contributed by atoms with Crippen molar-refractivity contribution in [3.8, 4) is 11.1 Å². The first-order valence-corrected chi connectivity index (χ1v) is 8.80. The molecule has 0 aliphatic rings. The second-order valence-electron chi connectivity index (χ2n) is 5.89. The van der Waals surface area contributed by atoms with Gasteiger partial charge in [0.2, 0.25) is 0 Å². The number of aromatic nitrogens is 2. The summed E-state index contributed by atoms with van der Waals surface area (Å²) in [5, 5.41) is 11.6. The highest BCUT2D eigenvalue weighted by atomic mass is 127. The minimum absolute atomic E-state index is 0. The molecular weight excluding hydrogens is 473 g/mol. The number of rotatable bonds is 5. The Hall–Kier alpha value is -2.06. The van der Waals surface area contributed by atoms with Gasteiger partial charge in [-0.15, -0.1) is 24.0 Å². The predicted octanol–water partition coefficient (Wildman–Crippen LogP) is 4.22. The second-order valence-corrected chi connectivity index (χ2v) is 6.33. The van der Waals surface area contributed by atoms with Crippen LogP contribution in [0.3, 0.4) is 0 Å². The summed E-state index contributed by atoms with van der Waals surface area (Å²) in [7, 11) is 3.69. The smallest absolute Gasteiger partial charge is 0.191 e. The lowest BCUT2D eigenvalue weighted by Gasteiger charge is -2.14. The second kappa shape index (κ2) is 10.3. The molecular formula is C20H23ClIN5. The van der Waals surface area contributed by atoms with Crippen LogP contribution in [0, 0.1) is 0 Å². The lowest BCUT2D eigenvalue weighted by atomic mass is 10.00. The highest BCUT2D eigenvalue weighted by Gasteiger charge is 2.06. The average Bonchev–Trinajstić information content (AvgIpc) is 3.08. The average molecular weight is 496 g/mol. The third-order valence-electron chi connectivity index (χ3n) is 4.20. The maximum Gasteiger partial charge on any atom is 0.191 e. The summed E-state index contributed by atoms with van der Waals surface area (Å²) < 4.78 is 1.84. The van der Waals surface area contributed by atoms with Crippen molar-refractivity contribution < 1.29 is 0 Å². The van der Waals surface area contributed by atoms with Crippen molar-refractivity contribution in [2.24, 2.45) is 12.0 Å². The molecule has 0 spiro atoms. The maximum atomic E-state index is 6.01. The van der Waals surface area contributed by atoms with Gasteiger partial charge in [0.15, 0.2) is 5.96 Å². The van der Waals surface area contributed by atoms with Crippen molar-refractivity contribution in [1.29, 1.82) is 0 Å². The van der Waals surface area contributed by atoms with Gasteiger partial charge < -0.3 is 10.6 Å². The Morgan fingerprint density at radius 3 is 2.41 bits per heavy atom. The zero-order valence-corrected chi connectivity index (χ0v) is 18.4. The van der Waals surface area contributed by atoms with E-state index in [1.165, 1.54) is 11.1 Å². The molecule has 0 radical (unpaired) electrons. The van der Waals surface area contributed by atoms with E-state index < -0.39 is 0 Å². The molecule has 3 rings (SSSR count). The molecule has 0 atom stereocenters. The summed E-state index contributed by atoms with van der Waals surface area (Å²) in [6, 6.07) is 18.2. The molecule has 1 heterocycles. The van der Waals surface area contributed by atoms with Crippen LogP contribution in [-0.4, -0.2) is 22.8 Å². The fourth-order valence-corrected chi connectivity index (χ4v) is 2.86. The van der Waals surface area contributed by atoms with Gasteiger partial charge in [-0.3, -0.25) is 9.67 Å². The molecule has 0 bridgehead atoms. The van der Waals surface area contributed by atoms with Crippen LogP contribution in [0.5, 0.6) is 0 Å². The fourth-order valence-electron chi connectivity index (χ4n) is 2.73. The molecule has 142 valence electrons. The van der Waals surface area contributed by atoms with E-state index in [-0.39, 0.29) is 24.0 Å². The van der Waals surface area contributed by atoms with Crippen molar-refractivity contribution in [1.82, 2.24) is 20.4 Å². The van der Waals surface area contributed by atoms with Crippen LogP contribution in [0.1, 0.15) is 11.3 Å². The van der Waals surface area contributed by atoms with Crippen molar-refractivity contribution >= 4 is 41.5 Å². The lowest BCUT2D eigenvalue weighted by molar-refractivity contribution is 0.684. The van der Waals surface area contributed by atoms with Gasteiger partial charge in [0.1, 0.15) is 0 Å². The number of benzene rings is 2. The Bertz CT molecular complexity index is 889. The van der Waals surface area contributed by atoms with Crippen LogP contribution in [-0.2, 0) is 20.1 Å². The molecule has 0 unspecified atom stereocenters. The number of nitrogens with zero attached hydrogens (tertiary/aromatic N) is 3. The van der Waals surface area contributed by atoms with Crippen molar-refractivity contribution in [3.63, 3.8) is 0 Å². The lowest BCUT2D eigenvalue weighted by Crippen LogP contribution is -2.36. The van der Waals surface area contributed by atoms with Crippen LogP contribution >= 0.6 is 35.6 Å². The van der Waals surface area contributed by atoms with Crippen LogP contribution in [0.15, 0.2) is 65.8 Å². The number of hydrogen-bond acceptors (Lipinski definition) is 2. The molecule has 3 aromatic rings. The van der Waals surface area contributed by atoms with Crippen LogP contribution in [0.4, 0.5) is 0 Å². The number of aliphatic imine (C=N–C) groups is 1. The van der Waals surface area contributed by atoms with E-state index in [9.17, 15) is 0 Å². The van der Waals surface area contributed by atoms with Crippen molar-refractivity contribution in [2.45, 2.75) is 13.1 Å². The van der Waals surface area contributed by atoms with Gasteiger partial charge in [0.25, 0.3) is 0 Å². The maximum absolute atomic E-state index is 6.01. The third-order valence-corrected chi connectivity index (χ3v) is 4.45. The molecule has 0 saturated carbocycles. The van der Waals surface area contributed by atoms with E-state index in [1.54, 1.807) is 13.2 Å². The third kappa shape index (κ3) is 5.71. The van der Waals surface area contributed by atoms with E-state index in [4.69, 9.17) is 11.6 Å². The summed E-state index contributed by atoms with van der Waals surface area (Å²) in [4.78, 5) is 4.29. The minimum atomic E-state index is 0. The fraction of sp³-hybridized carbons (Fsp3) is 0.200. The zero-order valence-electron chi connectivity index (χ0n) is 15.3. The van der Waals surface area contributed by atoms with Gasteiger partial charge in [-0.2, -0.15) is 5.10 Å². The van der Waals surface area contributed by atoms with Crippen LogP contribution < -0.4 is 10.6 Å². The van der Waals surface area contributed by atoms with Crippen molar-refractivity contribution in [3.05, 3.63) is 77.1 Å². The van der Waals surface area contributed by atoms with Crippen LogP contribution in [0.2, 0.25) is 5.02 Å². The van der Waals surface area contributed by atoms with Crippen molar-refractivity contribution in [2.75, 3.05) is 7.05 Å². The molecule has 2 N–H and O–H groups in total.